The van der Waals surface area contributed by atoms with E-state index in [9.17, 15) is 27.2 Å². The van der Waals surface area contributed by atoms with Crippen LogP contribution in [0.25, 0.3) is 0 Å². The lowest BCUT2D eigenvalue weighted by molar-refractivity contribution is -0.143. The zero-order valence-corrected chi connectivity index (χ0v) is 19.6. The monoisotopic (exact) mass is 472 g/mol. The van der Waals surface area contributed by atoms with E-state index in [2.05, 4.69) is 9.47 Å². The molecule has 0 heterocycles. The van der Waals surface area contributed by atoms with Crippen LogP contribution < -0.4 is 0 Å². The Kier molecular flexibility index (Phi) is 16.1. The molecule has 0 N–H and O–H groups in total. The van der Waals surface area contributed by atoms with E-state index in [1.807, 2.05) is 13.8 Å². The molecular weight excluding hydrogens is 440 g/mol. The normalized spacial score (nSPS) is 9.70. The number of ether oxygens (including phenoxy) is 2. The summed E-state index contributed by atoms with van der Waals surface area (Å²) in [5.41, 5.74) is 0.713. The molecule has 2 aromatic rings. The first kappa shape index (κ1) is 30.1. The third kappa shape index (κ3) is 12.7. The van der Waals surface area contributed by atoms with Gasteiger partial charge in [0.15, 0.2) is 11.6 Å². The summed E-state index contributed by atoms with van der Waals surface area (Å²) in [5, 5.41) is 0. The fourth-order valence-electron chi connectivity index (χ4n) is 2.64. The largest absolute Gasteiger partial charge is 0.469 e. The van der Waals surface area contributed by atoms with Crippen molar-refractivity contribution in [2.75, 3.05) is 13.7 Å². The molecule has 0 saturated heterocycles. The highest BCUT2D eigenvalue weighted by atomic mass is 19.2. The van der Waals surface area contributed by atoms with Crippen molar-refractivity contribution in [3.63, 3.8) is 0 Å². The number of carbonyl (C=O) groups excluding carboxylic acids is 2. The number of esters is 2. The molecule has 4 nitrogen and oxygen atoms in total. The Morgan fingerprint density at radius 3 is 1.88 bits per heavy atom. The Morgan fingerprint density at radius 1 is 0.758 bits per heavy atom. The number of hydrogen-bond donors (Lipinski definition) is 0. The van der Waals surface area contributed by atoms with Gasteiger partial charge in [0.05, 0.1) is 13.7 Å². The molecule has 0 bridgehead atoms. The fourth-order valence-corrected chi connectivity index (χ4v) is 2.64. The molecule has 0 radical (unpaired) electrons. The van der Waals surface area contributed by atoms with E-state index in [0.29, 0.717) is 43.9 Å². The molecule has 2 aromatic carbocycles. The maximum atomic E-state index is 13.2. The van der Waals surface area contributed by atoms with Crippen molar-refractivity contribution < 1.29 is 36.6 Å². The maximum absolute atomic E-state index is 13.2. The number of rotatable bonds is 9. The van der Waals surface area contributed by atoms with Gasteiger partial charge in [0.25, 0.3) is 0 Å². The number of hydrogen-bond acceptors (Lipinski definition) is 4. The lowest BCUT2D eigenvalue weighted by atomic mass is 10.1. The highest BCUT2D eigenvalue weighted by Gasteiger charge is 2.10. The minimum absolute atomic E-state index is 0.0631. The van der Waals surface area contributed by atoms with E-state index in [4.69, 9.17) is 0 Å². The Morgan fingerprint density at radius 2 is 1.30 bits per heavy atom. The summed E-state index contributed by atoms with van der Waals surface area (Å²) >= 11 is 0. The van der Waals surface area contributed by atoms with Gasteiger partial charge in [-0.3, -0.25) is 9.59 Å². The molecule has 0 fully saturated rings. The van der Waals surface area contributed by atoms with Crippen LogP contribution in [0.3, 0.4) is 0 Å². The van der Waals surface area contributed by atoms with E-state index in [1.54, 1.807) is 25.1 Å². The van der Waals surface area contributed by atoms with Gasteiger partial charge >= 0.3 is 11.9 Å². The Labute approximate surface area is 192 Å². The Bertz CT molecular complexity index is 856. The quantitative estimate of drug-likeness (QED) is 0.243. The number of methoxy groups -OCH3 is 1. The van der Waals surface area contributed by atoms with Crippen molar-refractivity contribution in [1.29, 1.82) is 0 Å². The molecule has 0 amide bonds. The number of halogens is 4. The van der Waals surface area contributed by atoms with Gasteiger partial charge in [0.1, 0.15) is 11.6 Å². The van der Waals surface area contributed by atoms with Crippen LogP contribution in [0.5, 0.6) is 0 Å². The number of carbonyl (C=O) groups is 2. The molecule has 0 spiro atoms. The van der Waals surface area contributed by atoms with Crippen molar-refractivity contribution >= 4 is 11.9 Å². The van der Waals surface area contributed by atoms with Gasteiger partial charge in [0.2, 0.25) is 0 Å². The van der Waals surface area contributed by atoms with Crippen molar-refractivity contribution in [1.82, 2.24) is 0 Å². The van der Waals surface area contributed by atoms with Crippen molar-refractivity contribution in [2.45, 2.75) is 59.3 Å². The second-order valence-electron chi connectivity index (χ2n) is 6.54. The zero-order chi connectivity index (χ0) is 25.2. The van der Waals surface area contributed by atoms with Crippen LogP contribution in [-0.4, -0.2) is 25.7 Å². The molecule has 184 valence electrons. The summed E-state index contributed by atoms with van der Waals surface area (Å²) in [5.74, 6) is -3.93. The topological polar surface area (TPSA) is 52.6 Å². The maximum Gasteiger partial charge on any atom is 0.305 e. The third-order valence-corrected chi connectivity index (χ3v) is 4.23. The van der Waals surface area contributed by atoms with Crippen molar-refractivity contribution in [3.8, 4) is 0 Å². The summed E-state index contributed by atoms with van der Waals surface area (Å²) in [4.78, 5) is 21.8. The number of benzene rings is 2. The molecule has 0 aliphatic heterocycles. The van der Waals surface area contributed by atoms with Gasteiger partial charge < -0.3 is 9.47 Å². The molecule has 8 heteroatoms. The lowest BCUT2D eigenvalue weighted by Crippen LogP contribution is -2.04. The van der Waals surface area contributed by atoms with E-state index < -0.39 is 17.5 Å². The lowest BCUT2D eigenvalue weighted by Gasteiger charge is -2.04. The molecule has 0 unspecified atom stereocenters. The molecule has 2 rings (SSSR count). The van der Waals surface area contributed by atoms with Crippen LogP contribution in [0.4, 0.5) is 17.6 Å². The van der Waals surface area contributed by atoms with Crippen molar-refractivity contribution in [2.24, 2.45) is 0 Å². The summed E-state index contributed by atoms with van der Waals surface area (Å²) in [7, 11) is 1.35. The van der Waals surface area contributed by atoms with E-state index in [0.717, 1.165) is 6.07 Å². The molecule has 0 saturated carbocycles. The van der Waals surface area contributed by atoms with E-state index in [-0.39, 0.29) is 36.2 Å². The average molecular weight is 473 g/mol. The Balaban J connectivity index is 0.000000586. The predicted octanol–water partition coefficient (Wildman–Crippen LogP) is 6.34. The average Bonchev–Trinajstić information content (AvgIpc) is 2.80. The van der Waals surface area contributed by atoms with Gasteiger partial charge in [-0.05, 0) is 55.9 Å². The van der Waals surface area contributed by atoms with E-state index >= 15 is 0 Å². The Hall–Kier alpha value is -2.90. The van der Waals surface area contributed by atoms with E-state index in [1.165, 1.54) is 13.2 Å². The zero-order valence-electron chi connectivity index (χ0n) is 19.6. The van der Waals surface area contributed by atoms with Gasteiger partial charge in [-0.2, -0.15) is 0 Å². The van der Waals surface area contributed by atoms with Crippen LogP contribution in [0.1, 0.15) is 57.6 Å². The molecule has 0 aliphatic rings. The molecule has 0 aliphatic carbocycles. The van der Waals surface area contributed by atoms with Gasteiger partial charge in [-0.15, -0.1) is 0 Å². The summed E-state index contributed by atoms with van der Waals surface area (Å²) in [6, 6.07) is 7.92. The first-order valence-electron chi connectivity index (χ1n) is 10.9. The third-order valence-electron chi connectivity index (χ3n) is 4.23. The number of aryl methyl sites for hydroxylation is 2. The molecule has 0 aromatic heterocycles. The second-order valence-corrected chi connectivity index (χ2v) is 6.54. The summed E-state index contributed by atoms with van der Waals surface area (Å²) in [6.07, 6.45) is 2.16. The highest BCUT2D eigenvalue weighted by Crippen LogP contribution is 2.16. The minimum Gasteiger partial charge on any atom is -0.469 e. The van der Waals surface area contributed by atoms with Gasteiger partial charge in [0, 0.05) is 18.9 Å². The smallest absolute Gasteiger partial charge is 0.305 e. The highest BCUT2D eigenvalue weighted by molar-refractivity contribution is 5.69. The van der Waals surface area contributed by atoms with Crippen LogP contribution in [0.15, 0.2) is 36.4 Å². The first-order chi connectivity index (χ1) is 15.8. The fraction of sp³-hybridized carbons (Fsp3) is 0.440. The van der Waals surface area contributed by atoms with Crippen molar-refractivity contribution in [3.05, 3.63) is 70.8 Å². The summed E-state index contributed by atoms with van der Waals surface area (Å²) in [6.45, 7) is 5.98. The standard InChI is InChI=1S/C12H13F3O2.C11H13FO2.C2H6/c1-2-17-12(16)5-3-4-8-6-10(14)11(15)7-9(8)13;1-14-11(13)8-4-6-9-5-2-3-7-10(9)12;1-2/h6-7H,2-5H2,1H3;2-3,5,7H,4,6,8H2,1H3;1-2H3. The minimum atomic E-state index is -1.21. The molecular formula is C25H32F4O4. The second kappa shape index (κ2) is 17.6. The molecule has 33 heavy (non-hydrogen) atoms. The van der Waals surface area contributed by atoms with Crippen LogP contribution >= 0.6 is 0 Å². The first-order valence-corrected chi connectivity index (χ1v) is 10.9. The summed E-state index contributed by atoms with van der Waals surface area (Å²) < 4.78 is 60.9. The van der Waals surface area contributed by atoms with Gasteiger partial charge in [-0.25, -0.2) is 17.6 Å². The van der Waals surface area contributed by atoms with Gasteiger partial charge in [-0.1, -0.05) is 32.0 Å². The van der Waals surface area contributed by atoms with Crippen LogP contribution in [-0.2, 0) is 31.9 Å². The predicted molar refractivity (Wildman–Crippen MR) is 119 cm³/mol. The van der Waals surface area contributed by atoms with Crippen LogP contribution in [0, 0.1) is 23.3 Å². The van der Waals surface area contributed by atoms with Crippen LogP contribution in [0.2, 0.25) is 0 Å². The molecule has 0 atom stereocenters. The SMILES string of the molecule is CC.CCOC(=O)CCCc1cc(F)c(F)cc1F.COC(=O)CCCc1ccccc1F.